The SMILES string of the molecule is Cc1ccccc1N(CCCC(=O)N(Cc1cccc(Cl)c1)C(C)C(=O)NC(C)(C)C)S(C)(=O)=O. The summed E-state index contributed by atoms with van der Waals surface area (Å²) in [5.41, 5.74) is 1.79. The molecule has 2 aromatic carbocycles. The number of carbonyl (C=O) groups excluding carboxylic acids is 2. The largest absolute Gasteiger partial charge is 0.350 e. The molecular weight excluding hydrogens is 486 g/mol. The summed E-state index contributed by atoms with van der Waals surface area (Å²) in [5, 5.41) is 3.47. The zero-order valence-corrected chi connectivity index (χ0v) is 22.9. The second-order valence-electron chi connectivity index (χ2n) is 9.79. The van der Waals surface area contributed by atoms with Gasteiger partial charge in [0.1, 0.15) is 6.04 Å². The van der Waals surface area contributed by atoms with Gasteiger partial charge in [0.05, 0.1) is 11.9 Å². The molecule has 1 atom stereocenters. The number of halogens is 1. The Labute approximate surface area is 214 Å². The van der Waals surface area contributed by atoms with Crippen molar-refractivity contribution >= 4 is 39.1 Å². The maximum absolute atomic E-state index is 13.3. The van der Waals surface area contributed by atoms with Crippen LogP contribution >= 0.6 is 11.6 Å². The van der Waals surface area contributed by atoms with Crippen LogP contribution in [0.2, 0.25) is 5.02 Å². The van der Waals surface area contributed by atoms with Crippen molar-refractivity contribution in [1.82, 2.24) is 10.2 Å². The maximum Gasteiger partial charge on any atom is 0.242 e. The van der Waals surface area contributed by atoms with Crippen LogP contribution in [0.1, 0.15) is 51.7 Å². The summed E-state index contributed by atoms with van der Waals surface area (Å²) in [5.74, 6) is -0.495. The van der Waals surface area contributed by atoms with Crippen LogP contribution < -0.4 is 9.62 Å². The van der Waals surface area contributed by atoms with Crippen molar-refractivity contribution < 1.29 is 18.0 Å². The van der Waals surface area contributed by atoms with Gasteiger partial charge in [-0.15, -0.1) is 0 Å². The monoisotopic (exact) mass is 521 g/mol. The van der Waals surface area contributed by atoms with Gasteiger partial charge in [0.2, 0.25) is 21.8 Å². The molecule has 0 aliphatic heterocycles. The lowest BCUT2D eigenvalue weighted by atomic mass is 10.1. The van der Waals surface area contributed by atoms with Gasteiger partial charge in [0.15, 0.2) is 0 Å². The Morgan fingerprint density at radius 2 is 1.74 bits per heavy atom. The lowest BCUT2D eigenvalue weighted by Gasteiger charge is -2.32. The topological polar surface area (TPSA) is 86.8 Å². The Hall–Kier alpha value is -2.58. The first-order chi connectivity index (χ1) is 16.2. The molecule has 0 heterocycles. The van der Waals surface area contributed by atoms with Gasteiger partial charge in [-0.3, -0.25) is 13.9 Å². The highest BCUT2D eigenvalue weighted by molar-refractivity contribution is 7.92. The van der Waals surface area contributed by atoms with E-state index in [9.17, 15) is 18.0 Å². The molecule has 9 heteroatoms. The lowest BCUT2D eigenvalue weighted by molar-refractivity contribution is -0.141. The molecule has 0 radical (unpaired) electrons. The van der Waals surface area contributed by atoms with Gasteiger partial charge < -0.3 is 10.2 Å². The minimum Gasteiger partial charge on any atom is -0.350 e. The fourth-order valence-corrected chi connectivity index (χ4v) is 4.95. The summed E-state index contributed by atoms with van der Waals surface area (Å²) < 4.78 is 26.3. The zero-order valence-electron chi connectivity index (χ0n) is 21.3. The normalized spacial score (nSPS) is 12.7. The lowest BCUT2D eigenvalue weighted by Crippen LogP contribution is -2.52. The molecule has 1 unspecified atom stereocenters. The number of hydrogen-bond donors (Lipinski definition) is 1. The van der Waals surface area contributed by atoms with Gasteiger partial charge in [-0.2, -0.15) is 0 Å². The van der Waals surface area contributed by atoms with Gasteiger partial charge in [0.25, 0.3) is 0 Å². The Kier molecular flexibility index (Phi) is 9.75. The first-order valence-electron chi connectivity index (χ1n) is 11.6. The summed E-state index contributed by atoms with van der Waals surface area (Å²) in [4.78, 5) is 27.7. The van der Waals surface area contributed by atoms with Gasteiger partial charge in [-0.25, -0.2) is 8.42 Å². The van der Waals surface area contributed by atoms with E-state index in [-0.39, 0.29) is 31.3 Å². The van der Waals surface area contributed by atoms with Crippen molar-refractivity contribution in [1.29, 1.82) is 0 Å². The molecule has 192 valence electrons. The summed E-state index contributed by atoms with van der Waals surface area (Å²) >= 11 is 6.12. The number of rotatable bonds is 10. The molecule has 0 aromatic heterocycles. The van der Waals surface area contributed by atoms with Crippen LogP contribution in [0.3, 0.4) is 0 Å². The molecule has 0 saturated carbocycles. The number of aryl methyl sites for hydroxylation is 1. The van der Waals surface area contributed by atoms with E-state index in [0.717, 1.165) is 17.4 Å². The molecule has 0 spiro atoms. The Bertz CT molecular complexity index is 1150. The van der Waals surface area contributed by atoms with E-state index in [1.165, 1.54) is 9.21 Å². The third kappa shape index (κ3) is 8.85. The van der Waals surface area contributed by atoms with E-state index in [0.29, 0.717) is 17.1 Å². The predicted molar refractivity (Wildman–Crippen MR) is 142 cm³/mol. The van der Waals surface area contributed by atoms with Gasteiger partial charge in [-0.05, 0) is 70.4 Å². The van der Waals surface area contributed by atoms with E-state index in [1.807, 2.05) is 45.9 Å². The molecule has 0 bridgehead atoms. The molecule has 2 amide bonds. The van der Waals surface area contributed by atoms with Crippen LogP contribution in [-0.4, -0.2) is 49.5 Å². The van der Waals surface area contributed by atoms with Crippen LogP contribution in [0.4, 0.5) is 5.69 Å². The van der Waals surface area contributed by atoms with Crippen molar-refractivity contribution in [2.24, 2.45) is 0 Å². The molecule has 0 saturated heterocycles. The summed E-state index contributed by atoms with van der Waals surface area (Å²) in [7, 11) is -3.53. The average molecular weight is 522 g/mol. The minimum absolute atomic E-state index is 0.0889. The fraction of sp³-hybridized carbons (Fsp3) is 0.462. The predicted octanol–water partition coefficient (Wildman–Crippen LogP) is 4.53. The van der Waals surface area contributed by atoms with Crippen molar-refractivity contribution in [2.45, 2.75) is 65.6 Å². The Morgan fingerprint density at radius 1 is 1.09 bits per heavy atom. The summed E-state index contributed by atoms with van der Waals surface area (Å²) in [6.07, 6.45) is 1.55. The minimum atomic E-state index is -3.53. The number of benzene rings is 2. The van der Waals surface area contributed by atoms with E-state index >= 15 is 0 Å². The third-order valence-electron chi connectivity index (χ3n) is 5.44. The van der Waals surface area contributed by atoms with Crippen molar-refractivity contribution in [3.8, 4) is 0 Å². The standard InChI is InChI=1S/C26H36ClN3O4S/c1-19-11-7-8-14-23(19)30(35(6,33)34)16-10-15-24(31)29(18-21-12-9-13-22(27)17-21)20(2)25(32)28-26(3,4)5/h7-9,11-14,17,20H,10,15-16,18H2,1-6H3,(H,28,32). The van der Waals surface area contributed by atoms with E-state index < -0.39 is 21.6 Å². The molecule has 2 aromatic rings. The number of nitrogens with zero attached hydrogens (tertiary/aromatic N) is 2. The first-order valence-corrected chi connectivity index (χ1v) is 13.8. The van der Waals surface area contributed by atoms with E-state index in [2.05, 4.69) is 5.32 Å². The first kappa shape index (κ1) is 28.7. The summed E-state index contributed by atoms with van der Waals surface area (Å²) in [6, 6.07) is 13.7. The number of hydrogen-bond acceptors (Lipinski definition) is 4. The van der Waals surface area contributed by atoms with Crippen molar-refractivity contribution in [3.05, 3.63) is 64.7 Å². The van der Waals surface area contributed by atoms with Gasteiger partial charge in [0, 0.05) is 30.1 Å². The highest BCUT2D eigenvalue weighted by atomic mass is 35.5. The third-order valence-corrected chi connectivity index (χ3v) is 6.86. The molecule has 2 rings (SSSR count). The number of carbonyl (C=O) groups is 2. The molecule has 0 aliphatic rings. The second kappa shape index (κ2) is 11.9. The number of nitrogens with one attached hydrogen (secondary N) is 1. The van der Waals surface area contributed by atoms with E-state index in [4.69, 9.17) is 11.6 Å². The highest BCUT2D eigenvalue weighted by Gasteiger charge is 2.28. The zero-order chi connectivity index (χ0) is 26.4. The highest BCUT2D eigenvalue weighted by Crippen LogP contribution is 2.23. The molecular formula is C26H36ClN3O4S. The number of sulfonamides is 1. The van der Waals surface area contributed by atoms with Crippen LogP contribution in [0.25, 0.3) is 0 Å². The molecule has 35 heavy (non-hydrogen) atoms. The quantitative estimate of drug-likeness (QED) is 0.497. The molecule has 0 fully saturated rings. The molecule has 1 N–H and O–H groups in total. The van der Waals surface area contributed by atoms with Crippen LogP contribution in [0.5, 0.6) is 0 Å². The van der Waals surface area contributed by atoms with Crippen molar-refractivity contribution in [2.75, 3.05) is 17.1 Å². The maximum atomic E-state index is 13.3. The summed E-state index contributed by atoms with van der Waals surface area (Å²) in [6.45, 7) is 9.56. The van der Waals surface area contributed by atoms with Gasteiger partial charge >= 0.3 is 0 Å². The smallest absolute Gasteiger partial charge is 0.242 e. The van der Waals surface area contributed by atoms with Crippen LogP contribution in [0, 0.1) is 6.92 Å². The van der Waals surface area contributed by atoms with E-state index in [1.54, 1.807) is 37.3 Å². The van der Waals surface area contributed by atoms with Crippen LogP contribution in [0.15, 0.2) is 48.5 Å². The van der Waals surface area contributed by atoms with Crippen molar-refractivity contribution in [3.63, 3.8) is 0 Å². The number of amides is 2. The average Bonchev–Trinajstić information content (AvgIpc) is 2.73. The second-order valence-corrected chi connectivity index (χ2v) is 12.1. The fourth-order valence-electron chi connectivity index (χ4n) is 3.71. The van der Waals surface area contributed by atoms with Crippen LogP contribution in [-0.2, 0) is 26.2 Å². The number of para-hydroxylation sites is 1. The number of anilines is 1. The van der Waals surface area contributed by atoms with Gasteiger partial charge in [-0.1, -0.05) is 41.9 Å². The molecule has 7 nitrogen and oxygen atoms in total. The Morgan fingerprint density at radius 3 is 2.31 bits per heavy atom. The Balaban J connectivity index is 2.20. The molecule has 0 aliphatic carbocycles.